The van der Waals surface area contributed by atoms with Crippen molar-refractivity contribution in [2.75, 3.05) is 13.2 Å². The third-order valence-electron chi connectivity index (χ3n) is 10.7. The van der Waals surface area contributed by atoms with E-state index in [1.54, 1.807) is 0 Å². The van der Waals surface area contributed by atoms with Gasteiger partial charge in [-0.15, -0.1) is 0 Å². The zero-order chi connectivity index (χ0) is 47.2. The maximum Gasteiger partial charge on any atom is 0.306 e. The maximum absolute atomic E-state index is 12.8. The predicted octanol–water partition coefficient (Wildman–Crippen LogP) is 17.5. The highest BCUT2D eigenvalue weighted by Gasteiger charge is 2.19. The van der Waals surface area contributed by atoms with Crippen LogP contribution in [-0.4, -0.2) is 37.2 Å². The molecule has 1 atom stereocenters. The third-order valence-corrected chi connectivity index (χ3v) is 10.7. The molecule has 65 heavy (non-hydrogen) atoms. The van der Waals surface area contributed by atoms with Gasteiger partial charge in [0, 0.05) is 19.3 Å². The molecule has 0 fully saturated rings. The van der Waals surface area contributed by atoms with Crippen molar-refractivity contribution in [3.63, 3.8) is 0 Å². The molecule has 0 unspecified atom stereocenters. The first-order valence-corrected chi connectivity index (χ1v) is 26.4. The van der Waals surface area contributed by atoms with Crippen LogP contribution in [0.1, 0.15) is 226 Å². The smallest absolute Gasteiger partial charge is 0.306 e. The second kappa shape index (κ2) is 52.7. The Hall–Kier alpha value is -3.93. The summed E-state index contributed by atoms with van der Waals surface area (Å²) in [4.78, 5) is 38.0. The molecule has 0 radical (unpaired) electrons. The van der Waals surface area contributed by atoms with Crippen molar-refractivity contribution in [2.45, 2.75) is 232 Å². The van der Waals surface area contributed by atoms with E-state index in [4.69, 9.17) is 14.2 Å². The van der Waals surface area contributed by atoms with Crippen LogP contribution in [-0.2, 0) is 28.6 Å². The van der Waals surface area contributed by atoms with Gasteiger partial charge in [-0.25, -0.2) is 0 Å². The molecule has 6 nitrogen and oxygen atoms in total. The van der Waals surface area contributed by atoms with Gasteiger partial charge in [0.25, 0.3) is 0 Å². The molecule has 0 N–H and O–H groups in total. The molecular weight excluding hydrogens is 805 g/mol. The van der Waals surface area contributed by atoms with E-state index in [0.717, 1.165) is 135 Å². The van der Waals surface area contributed by atoms with Crippen molar-refractivity contribution in [3.05, 3.63) is 109 Å². The Kier molecular flexibility index (Phi) is 49.5. The fourth-order valence-corrected chi connectivity index (χ4v) is 6.75. The Bertz CT molecular complexity index is 1360. The van der Waals surface area contributed by atoms with Gasteiger partial charge in [0.05, 0.1) is 0 Å². The maximum atomic E-state index is 12.8. The minimum Gasteiger partial charge on any atom is -0.462 e. The molecule has 0 rings (SSSR count). The van der Waals surface area contributed by atoms with Crippen LogP contribution in [0.25, 0.3) is 0 Å². The van der Waals surface area contributed by atoms with Crippen LogP contribution in [0.4, 0.5) is 0 Å². The van der Waals surface area contributed by atoms with Crippen LogP contribution < -0.4 is 0 Å². The first kappa shape index (κ1) is 61.1. The van der Waals surface area contributed by atoms with E-state index < -0.39 is 6.10 Å². The normalized spacial score (nSPS) is 13.0. The van der Waals surface area contributed by atoms with Crippen LogP contribution in [0.3, 0.4) is 0 Å². The third kappa shape index (κ3) is 50.9. The number of hydrogen-bond donors (Lipinski definition) is 0. The lowest BCUT2D eigenvalue weighted by Crippen LogP contribution is -2.30. The summed E-state index contributed by atoms with van der Waals surface area (Å²) >= 11 is 0. The highest BCUT2D eigenvalue weighted by Crippen LogP contribution is 2.12. The summed E-state index contributed by atoms with van der Waals surface area (Å²) in [7, 11) is 0. The molecule has 0 bridgehead atoms. The number of esters is 3. The molecular formula is C59H96O6. The van der Waals surface area contributed by atoms with Crippen molar-refractivity contribution in [2.24, 2.45) is 0 Å². The molecule has 368 valence electrons. The lowest BCUT2D eigenvalue weighted by molar-refractivity contribution is -0.167. The minimum absolute atomic E-state index is 0.105. The summed E-state index contributed by atoms with van der Waals surface area (Å²) in [5.74, 6) is -0.975. The van der Waals surface area contributed by atoms with Crippen LogP contribution in [0, 0.1) is 0 Å². The van der Waals surface area contributed by atoms with E-state index >= 15 is 0 Å². The number of carbonyl (C=O) groups is 3. The fourth-order valence-electron chi connectivity index (χ4n) is 6.75. The van der Waals surface area contributed by atoms with Gasteiger partial charge in [-0.3, -0.25) is 14.4 Å². The lowest BCUT2D eigenvalue weighted by atomic mass is 10.1. The van der Waals surface area contributed by atoms with Gasteiger partial charge in [0.1, 0.15) is 13.2 Å². The first-order valence-electron chi connectivity index (χ1n) is 26.4. The van der Waals surface area contributed by atoms with Crippen molar-refractivity contribution in [1.82, 2.24) is 0 Å². The number of rotatable bonds is 46. The Morgan fingerprint density at radius 3 is 1.02 bits per heavy atom. The van der Waals surface area contributed by atoms with E-state index in [-0.39, 0.29) is 37.5 Å². The molecule has 0 saturated heterocycles. The van der Waals surface area contributed by atoms with Crippen LogP contribution in [0.15, 0.2) is 109 Å². The summed E-state index contributed by atoms with van der Waals surface area (Å²) in [6.45, 7) is 6.39. The Balaban J connectivity index is 4.49. The average Bonchev–Trinajstić information content (AvgIpc) is 3.30. The van der Waals surface area contributed by atoms with E-state index in [0.29, 0.717) is 12.8 Å². The van der Waals surface area contributed by atoms with Crippen LogP contribution >= 0.6 is 0 Å². The second-order valence-electron chi connectivity index (χ2n) is 17.0. The van der Waals surface area contributed by atoms with Gasteiger partial charge in [0.2, 0.25) is 0 Å². The van der Waals surface area contributed by atoms with Crippen molar-refractivity contribution < 1.29 is 28.6 Å². The Morgan fingerprint density at radius 1 is 0.323 bits per heavy atom. The topological polar surface area (TPSA) is 78.9 Å². The van der Waals surface area contributed by atoms with Crippen molar-refractivity contribution in [1.29, 1.82) is 0 Å². The molecule has 0 spiro atoms. The molecule has 6 heteroatoms. The molecule has 0 aliphatic heterocycles. The number of carbonyl (C=O) groups excluding carboxylic acids is 3. The first-order chi connectivity index (χ1) is 32.0. The molecule has 0 aliphatic rings. The van der Waals surface area contributed by atoms with Crippen molar-refractivity contribution in [3.8, 4) is 0 Å². The lowest BCUT2D eigenvalue weighted by Gasteiger charge is -2.18. The van der Waals surface area contributed by atoms with Crippen LogP contribution in [0.2, 0.25) is 0 Å². The number of allylic oxidation sites excluding steroid dienone is 18. The van der Waals surface area contributed by atoms with Gasteiger partial charge in [0.15, 0.2) is 6.10 Å². The predicted molar refractivity (Wildman–Crippen MR) is 279 cm³/mol. The Morgan fingerprint density at radius 2 is 0.615 bits per heavy atom. The second-order valence-corrected chi connectivity index (χ2v) is 17.0. The molecule has 0 aromatic rings. The monoisotopic (exact) mass is 901 g/mol. The van der Waals surface area contributed by atoms with Gasteiger partial charge < -0.3 is 14.2 Å². The quantitative estimate of drug-likeness (QED) is 0.0262. The van der Waals surface area contributed by atoms with E-state index in [1.807, 2.05) is 0 Å². The number of hydrogen-bond acceptors (Lipinski definition) is 6. The molecule has 0 saturated carbocycles. The summed E-state index contributed by atoms with van der Waals surface area (Å²) in [5.41, 5.74) is 0. The van der Waals surface area contributed by atoms with E-state index in [2.05, 4.69) is 130 Å². The summed E-state index contributed by atoms with van der Waals surface area (Å²) in [5, 5.41) is 0. The van der Waals surface area contributed by atoms with E-state index in [1.165, 1.54) is 51.4 Å². The average molecular weight is 901 g/mol. The zero-order valence-electron chi connectivity index (χ0n) is 42.0. The SMILES string of the molecule is CC/C=C\C/C=C\C/C=C\C/C=C\CCCCCCC(=O)O[C@H](COC(=O)CCCCC/C=C\C/C=C\C/C=C\C/C=C\CCCCC)COC(=O)CCCCCCC/C=C\CCCC. The molecule has 0 aromatic heterocycles. The van der Waals surface area contributed by atoms with Crippen LogP contribution in [0.5, 0.6) is 0 Å². The summed E-state index contributed by atoms with van der Waals surface area (Å²) in [6.07, 6.45) is 70.7. The van der Waals surface area contributed by atoms with Gasteiger partial charge >= 0.3 is 17.9 Å². The van der Waals surface area contributed by atoms with E-state index in [9.17, 15) is 14.4 Å². The Labute approximate surface area is 400 Å². The zero-order valence-corrected chi connectivity index (χ0v) is 42.0. The molecule has 0 heterocycles. The molecule has 0 amide bonds. The highest BCUT2D eigenvalue weighted by atomic mass is 16.6. The van der Waals surface area contributed by atoms with Gasteiger partial charge in [-0.2, -0.15) is 0 Å². The minimum atomic E-state index is -0.809. The number of unbranched alkanes of at least 4 members (excludes halogenated alkanes) is 17. The fraction of sp³-hybridized carbons (Fsp3) is 0.644. The number of ether oxygens (including phenoxy) is 3. The van der Waals surface area contributed by atoms with Gasteiger partial charge in [-0.1, -0.05) is 194 Å². The largest absolute Gasteiger partial charge is 0.462 e. The standard InChI is InChI=1S/C59H96O6/c1-4-7-10-13-16-19-22-24-26-28-29-31-32-34-37-40-43-46-49-52-58(61)64-55-56(54-63-57(60)51-48-45-42-39-36-21-18-15-12-9-6-3)65-59(62)53-50-47-44-41-38-35-33-30-27-25-23-20-17-14-11-8-5-2/h8,11,15-20,24-27,29,31,33-35,37,56H,4-7,9-10,12-14,21-23,28,30,32,36,38-55H2,1-3H3/b11-8-,18-15-,19-16-,20-17-,26-24-,27-25-,31-29-,35-33-,37-34-/t56-/m0/s1. The summed E-state index contributed by atoms with van der Waals surface area (Å²) in [6, 6.07) is 0. The molecule has 0 aromatic carbocycles. The highest BCUT2D eigenvalue weighted by molar-refractivity contribution is 5.71. The van der Waals surface area contributed by atoms with Crippen molar-refractivity contribution >= 4 is 17.9 Å². The summed E-state index contributed by atoms with van der Waals surface area (Å²) < 4.78 is 16.7. The van der Waals surface area contributed by atoms with Gasteiger partial charge in [-0.05, 0) is 122 Å². The molecule has 0 aliphatic carbocycles.